The van der Waals surface area contributed by atoms with Crippen molar-refractivity contribution in [3.8, 4) is 6.07 Å². The third-order valence-electron chi connectivity index (χ3n) is 5.60. The third kappa shape index (κ3) is 4.09. The third-order valence-corrected chi connectivity index (χ3v) is 5.60. The monoisotopic (exact) mass is 440 g/mol. The average molecular weight is 440 g/mol. The predicted molar refractivity (Wildman–Crippen MR) is 111 cm³/mol. The summed E-state index contributed by atoms with van der Waals surface area (Å²) in [5.74, 6) is -5.21. The van der Waals surface area contributed by atoms with Gasteiger partial charge in [0.15, 0.2) is 17.5 Å². The molecule has 0 radical (unpaired) electrons. The standard InChI is InChI=1S/C23H19F3N4O2/c24-18-10-17-22(21(26)20(18)25)30(13-16(11-27)23(17)32)14-19(31)29-8-6-28(7-9-29)12-15-4-2-1-3-5-15/h1-5,10,13H,6-9,12,14H2. The number of halogens is 3. The Morgan fingerprint density at radius 3 is 2.38 bits per heavy atom. The van der Waals surface area contributed by atoms with Gasteiger partial charge in [0.2, 0.25) is 11.3 Å². The molecule has 1 aliphatic rings. The van der Waals surface area contributed by atoms with Crippen molar-refractivity contribution in [1.29, 1.82) is 5.26 Å². The molecular formula is C23H19F3N4O2. The van der Waals surface area contributed by atoms with E-state index in [1.165, 1.54) is 5.56 Å². The zero-order chi connectivity index (χ0) is 22.8. The summed E-state index contributed by atoms with van der Waals surface area (Å²) in [4.78, 5) is 29.0. The topological polar surface area (TPSA) is 69.3 Å². The lowest BCUT2D eigenvalue weighted by Crippen LogP contribution is -2.49. The molecule has 2 heterocycles. The summed E-state index contributed by atoms with van der Waals surface area (Å²) in [6.45, 7) is 2.52. The molecule has 0 unspecified atom stereocenters. The lowest BCUT2D eigenvalue weighted by atomic mass is 10.1. The van der Waals surface area contributed by atoms with E-state index in [0.29, 0.717) is 32.2 Å². The Labute approximate surface area is 181 Å². The summed E-state index contributed by atoms with van der Waals surface area (Å²) in [5.41, 5.74) is -0.674. The molecule has 0 atom stereocenters. The first kappa shape index (κ1) is 21.6. The minimum atomic E-state index is -1.74. The Balaban J connectivity index is 1.54. The van der Waals surface area contributed by atoms with Crippen molar-refractivity contribution in [3.05, 3.63) is 81.4 Å². The second kappa shape index (κ2) is 8.85. The normalized spacial score (nSPS) is 14.5. The molecule has 0 bridgehead atoms. The van der Waals surface area contributed by atoms with Crippen LogP contribution >= 0.6 is 0 Å². The number of rotatable bonds is 4. The van der Waals surface area contributed by atoms with Crippen LogP contribution in [0, 0.1) is 28.8 Å². The zero-order valence-corrected chi connectivity index (χ0v) is 17.0. The molecule has 1 amide bonds. The molecule has 1 fully saturated rings. The molecule has 6 nitrogen and oxygen atoms in total. The molecule has 1 aromatic heterocycles. The van der Waals surface area contributed by atoms with Crippen LogP contribution in [0.15, 0.2) is 47.4 Å². The van der Waals surface area contributed by atoms with Gasteiger partial charge in [0.05, 0.1) is 10.9 Å². The number of fused-ring (bicyclic) bond motifs is 1. The Morgan fingerprint density at radius 1 is 1.03 bits per heavy atom. The smallest absolute Gasteiger partial charge is 0.242 e. The van der Waals surface area contributed by atoms with E-state index in [2.05, 4.69) is 4.90 Å². The number of pyridine rings is 1. The molecule has 1 aliphatic heterocycles. The molecule has 4 rings (SSSR count). The molecule has 1 saturated heterocycles. The van der Waals surface area contributed by atoms with Crippen molar-refractivity contribution in [2.45, 2.75) is 13.1 Å². The van der Waals surface area contributed by atoms with Gasteiger partial charge in [0, 0.05) is 38.9 Å². The number of piperazine rings is 1. The van der Waals surface area contributed by atoms with E-state index in [0.717, 1.165) is 17.3 Å². The Bertz CT molecular complexity index is 1280. The van der Waals surface area contributed by atoms with Crippen LogP contribution in [0.25, 0.3) is 10.9 Å². The van der Waals surface area contributed by atoms with Gasteiger partial charge >= 0.3 is 0 Å². The Hall–Kier alpha value is -3.64. The van der Waals surface area contributed by atoms with Crippen molar-refractivity contribution in [2.24, 2.45) is 0 Å². The highest BCUT2D eigenvalue weighted by atomic mass is 19.2. The van der Waals surface area contributed by atoms with E-state index in [1.807, 2.05) is 30.3 Å². The van der Waals surface area contributed by atoms with E-state index in [9.17, 15) is 28.0 Å². The number of hydrogen-bond donors (Lipinski definition) is 0. The second-order valence-electron chi connectivity index (χ2n) is 7.64. The van der Waals surface area contributed by atoms with Crippen LogP contribution in [0.5, 0.6) is 0 Å². The Morgan fingerprint density at radius 2 is 1.72 bits per heavy atom. The van der Waals surface area contributed by atoms with Crippen LogP contribution in [0.4, 0.5) is 13.2 Å². The van der Waals surface area contributed by atoms with E-state index >= 15 is 0 Å². The van der Waals surface area contributed by atoms with Crippen LogP contribution in [0.2, 0.25) is 0 Å². The van der Waals surface area contributed by atoms with Crippen molar-refractivity contribution >= 4 is 16.8 Å². The van der Waals surface area contributed by atoms with Gasteiger partial charge in [0.25, 0.3) is 0 Å². The molecule has 0 aliphatic carbocycles. The first-order valence-electron chi connectivity index (χ1n) is 10.0. The molecule has 9 heteroatoms. The first-order valence-corrected chi connectivity index (χ1v) is 10.0. The summed E-state index contributed by atoms with van der Waals surface area (Å²) in [7, 11) is 0. The summed E-state index contributed by atoms with van der Waals surface area (Å²) in [6, 6.07) is 12.2. The van der Waals surface area contributed by atoms with Crippen molar-refractivity contribution < 1.29 is 18.0 Å². The highest BCUT2D eigenvalue weighted by Gasteiger charge is 2.24. The molecular weight excluding hydrogens is 421 g/mol. The van der Waals surface area contributed by atoms with Gasteiger partial charge in [-0.3, -0.25) is 14.5 Å². The number of carbonyl (C=O) groups excluding carboxylic acids is 1. The van der Waals surface area contributed by atoms with E-state index in [4.69, 9.17) is 0 Å². The summed E-state index contributed by atoms with van der Waals surface area (Å²) in [5, 5.41) is 8.72. The van der Waals surface area contributed by atoms with Crippen LogP contribution in [-0.2, 0) is 17.9 Å². The number of aromatic nitrogens is 1. The Kier molecular flexibility index (Phi) is 5.97. The maximum Gasteiger partial charge on any atom is 0.242 e. The number of nitriles is 1. The fourth-order valence-corrected chi connectivity index (χ4v) is 3.91. The van der Waals surface area contributed by atoms with Gasteiger partial charge in [-0.05, 0) is 11.6 Å². The highest BCUT2D eigenvalue weighted by Crippen LogP contribution is 2.22. The number of nitrogens with zero attached hydrogens (tertiary/aromatic N) is 4. The quantitative estimate of drug-likeness (QED) is 0.585. The van der Waals surface area contributed by atoms with Gasteiger partial charge in [0.1, 0.15) is 18.2 Å². The summed E-state index contributed by atoms with van der Waals surface area (Å²) < 4.78 is 43.0. The molecule has 2 aromatic carbocycles. The van der Waals surface area contributed by atoms with Crippen molar-refractivity contribution in [3.63, 3.8) is 0 Å². The molecule has 0 spiro atoms. The first-order chi connectivity index (χ1) is 15.4. The molecule has 3 aromatic rings. The number of hydrogen-bond acceptors (Lipinski definition) is 4. The molecule has 0 saturated carbocycles. The lowest BCUT2D eigenvalue weighted by Gasteiger charge is -2.35. The van der Waals surface area contributed by atoms with Crippen LogP contribution in [-0.4, -0.2) is 46.5 Å². The van der Waals surface area contributed by atoms with Crippen molar-refractivity contribution in [1.82, 2.24) is 14.4 Å². The fraction of sp³-hybridized carbons (Fsp3) is 0.261. The van der Waals surface area contributed by atoms with Gasteiger partial charge in [-0.2, -0.15) is 5.26 Å². The highest BCUT2D eigenvalue weighted by molar-refractivity contribution is 5.84. The SMILES string of the molecule is N#Cc1cn(CC(=O)N2CCN(Cc3ccccc3)CC2)c2c(F)c(F)c(F)cc2c1=O. The minimum absolute atomic E-state index is 0.373. The molecule has 32 heavy (non-hydrogen) atoms. The largest absolute Gasteiger partial charge is 0.339 e. The maximum atomic E-state index is 14.5. The average Bonchev–Trinajstić information content (AvgIpc) is 2.80. The molecule has 0 N–H and O–H groups in total. The molecule has 164 valence electrons. The van der Waals surface area contributed by atoms with E-state index < -0.39 is 40.3 Å². The van der Waals surface area contributed by atoms with Crippen LogP contribution in [0.1, 0.15) is 11.1 Å². The van der Waals surface area contributed by atoms with Gasteiger partial charge in [-0.15, -0.1) is 0 Å². The van der Waals surface area contributed by atoms with Crippen LogP contribution in [0.3, 0.4) is 0 Å². The fourth-order valence-electron chi connectivity index (χ4n) is 3.91. The van der Waals surface area contributed by atoms with Gasteiger partial charge in [-0.25, -0.2) is 13.2 Å². The minimum Gasteiger partial charge on any atom is -0.339 e. The lowest BCUT2D eigenvalue weighted by molar-refractivity contribution is -0.133. The maximum absolute atomic E-state index is 14.5. The number of carbonyl (C=O) groups is 1. The second-order valence-corrected chi connectivity index (χ2v) is 7.64. The summed E-state index contributed by atoms with van der Waals surface area (Å²) >= 11 is 0. The zero-order valence-electron chi connectivity index (χ0n) is 17.0. The van der Waals surface area contributed by atoms with Gasteiger partial charge < -0.3 is 9.47 Å². The van der Waals surface area contributed by atoms with E-state index in [-0.39, 0.29) is 11.5 Å². The summed E-state index contributed by atoms with van der Waals surface area (Å²) in [6.07, 6.45) is 1.01. The van der Waals surface area contributed by atoms with Crippen molar-refractivity contribution in [2.75, 3.05) is 26.2 Å². The van der Waals surface area contributed by atoms with E-state index in [1.54, 1.807) is 11.0 Å². The van der Waals surface area contributed by atoms with Crippen LogP contribution < -0.4 is 5.43 Å². The number of benzene rings is 2. The predicted octanol–water partition coefficient (Wildman–Crippen LogP) is 2.63. The van der Waals surface area contributed by atoms with Gasteiger partial charge in [-0.1, -0.05) is 30.3 Å². The number of amides is 1.